The minimum Gasteiger partial charge on any atom is -0.240 e. The fourth-order valence-electron chi connectivity index (χ4n) is 3.64. The van der Waals surface area contributed by atoms with Gasteiger partial charge in [0.05, 0.1) is 6.54 Å². The summed E-state index contributed by atoms with van der Waals surface area (Å²) in [6.07, 6.45) is 23.0. The van der Waals surface area contributed by atoms with Gasteiger partial charge in [0, 0.05) is 11.8 Å². The average molecular weight is 338 g/mol. The first kappa shape index (κ1) is 21.5. The first-order valence-corrected chi connectivity index (χ1v) is 10.8. The van der Waals surface area contributed by atoms with Gasteiger partial charge in [-0.25, -0.2) is 5.53 Å². The van der Waals surface area contributed by atoms with Crippen LogP contribution in [-0.2, 0) is 0 Å². The lowest BCUT2D eigenvalue weighted by atomic mass is 9.90. The molecule has 142 valence electrons. The molecule has 0 saturated carbocycles. The van der Waals surface area contributed by atoms with Crippen LogP contribution in [0.15, 0.2) is 5.10 Å². The van der Waals surface area contributed by atoms with Crippen molar-refractivity contribution in [3.05, 3.63) is 0 Å². The maximum absolute atomic E-state index is 4.14. The molecule has 1 rings (SSSR count). The standard InChI is InChI=1S/C21H43N3/c1-4-6-7-8-9-10-11-12-13-14-15-16-17-18-21(3,5-2)24-20-19-22-23-24/h19,23H,4-18,20H2,1-3H3. The highest BCUT2D eigenvalue weighted by Crippen LogP contribution is 2.26. The quantitative estimate of drug-likeness (QED) is 0.328. The van der Waals surface area contributed by atoms with E-state index in [0.717, 1.165) is 6.54 Å². The van der Waals surface area contributed by atoms with Crippen LogP contribution < -0.4 is 5.53 Å². The van der Waals surface area contributed by atoms with Gasteiger partial charge in [0.15, 0.2) is 0 Å². The third-order valence-corrected chi connectivity index (χ3v) is 5.77. The number of nitrogens with one attached hydrogen (secondary N) is 1. The van der Waals surface area contributed by atoms with Crippen molar-refractivity contribution < 1.29 is 0 Å². The van der Waals surface area contributed by atoms with Crippen molar-refractivity contribution in [2.24, 2.45) is 5.10 Å². The Hall–Kier alpha value is -0.570. The lowest BCUT2D eigenvalue weighted by Gasteiger charge is -2.37. The molecule has 0 aromatic carbocycles. The molecule has 0 radical (unpaired) electrons. The van der Waals surface area contributed by atoms with Gasteiger partial charge in [0.2, 0.25) is 0 Å². The maximum Gasteiger partial charge on any atom is 0.0573 e. The fraction of sp³-hybridized carbons (Fsp3) is 0.952. The Morgan fingerprint density at radius 1 is 0.833 bits per heavy atom. The number of hydrogen-bond donors (Lipinski definition) is 1. The first-order valence-electron chi connectivity index (χ1n) is 10.8. The normalized spacial score (nSPS) is 17.1. The zero-order chi connectivity index (χ0) is 17.5. The molecule has 1 atom stereocenters. The van der Waals surface area contributed by atoms with Gasteiger partial charge >= 0.3 is 0 Å². The highest BCUT2D eigenvalue weighted by Gasteiger charge is 2.30. The molecule has 1 N–H and O–H groups in total. The predicted molar refractivity (Wildman–Crippen MR) is 107 cm³/mol. The molecule has 1 heterocycles. The molecule has 3 nitrogen and oxygen atoms in total. The zero-order valence-corrected chi connectivity index (χ0v) is 16.8. The number of unbranched alkanes of at least 4 members (excludes halogenated alkanes) is 12. The maximum atomic E-state index is 4.14. The molecule has 24 heavy (non-hydrogen) atoms. The number of hydrazine groups is 1. The average Bonchev–Trinajstić information content (AvgIpc) is 3.14. The molecular weight excluding hydrogens is 294 g/mol. The van der Waals surface area contributed by atoms with Crippen molar-refractivity contribution in [3.8, 4) is 0 Å². The third-order valence-electron chi connectivity index (χ3n) is 5.77. The summed E-state index contributed by atoms with van der Waals surface area (Å²) in [7, 11) is 0. The minimum absolute atomic E-state index is 0.258. The minimum atomic E-state index is 0.258. The van der Waals surface area contributed by atoms with Crippen LogP contribution >= 0.6 is 0 Å². The van der Waals surface area contributed by atoms with Crippen LogP contribution in [0.25, 0.3) is 0 Å². The molecule has 0 saturated heterocycles. The van der Waals surface area contributed by atoms with Crippen LogP contribution in [0.3, 0.4) is 0 Å². The van der Waals surface area contributed by atoms with E-state index in [1.165, 1.54) is 96.3 Å². The topological polar surface area (TPSA) is 27.6 Å². The first-order chi connectivity index (χ1) is 11.7. The third kappa shape index (κ3) is 9.05. The Labute approximate surface area is 151 Å². The van der Waals surface area contributed by atoms with Gasteiger partial charge in [-0.1, -0.05) is 97.3 Å². The van der Waals surface area contributed by atoms with E-state index in [4.69, 9.17) is 0 Å². The van der Waals surface area contributed by atoms with Crippen LogP contribution in [0, 0.1) is 0 Å². The fourth-order valence-corrected chi connectivity index (χ4v) is 3.64. The second kappa shape index (κ2) is 13.7. The molecular formula is C21H43N3. The number of rotatable bonds is 16. The van der Waals surface area contributed by atoms with Gasteiger partial charge in [-0.2, -0.15) is 10.1 Å². The molecule has 3 heteroatoms. The second-order valence-electron chi connectivity index (χ2n) is 7.87. The van der Waals surface area contributed by atoms with Crippen LogP contribution in [0.1, 0.15) is 117 Å². The van der Waals surface area contributed by atoms with Gasteiger partial charge in [-0.3, -0.25) is 0 Å². The summed E-state index contributed by atoms with van der Waals surface area (Å²) in [5.74, 6) is 0. The van der Waals surface area contributed by atoms with Gasteiger partial charge in [-0.05, 0) is 19.8 Å². The molecule has 1 aliphatic rings. The summed E-state index contributed by atoms with van der Waals surface area (Å²) in [4.78, 5) is 0. The van der Waals surface area contributed by atoms with Crippen molar-refractivity contribution in [1.82, 2.24) is 10.5 Å². The number of nitrogens with zero attached hydrogens (tertiary/aromatic N) is 2. The largest absolute Gasteiger partial charge is 0.240 e. The number of hydrazone groups is 1. The van der Waals surface area contributed by atoms with Gasteiger partial charge in [0.1, 0.15) is 0 Å². The molecule has 0 aromatic rings. The number of hydrogen-bond acceptors (Lipinski definition) is 3. The molecule has 1 unspecified atom stereocenters. The van der Waals surface area contributed by atoms with Crippen molar-refractivity contribution >= 4 is 6.21 Å². The lowest BCUT2D eigenvalue weighted by Crippen LogP contribution is -2.49. The molecule has 1 aliphatic heterocycles. The Morgan fingerprint density at radius 2 is 1.33 bits per heavy atom. The zero-order valence-electron chi connectivity index (χ0n) is 16.8. The molecule has 0 aromatic heterocycles. The summed E-state index contributed by atoms with van der Waals surface area (Å²) >= 11 is 0. The van der Waals surface area contributed by atoms with Crippen molar-refractivity contribution in [1.29, 1.82) is 0 Å². The Bertz CT molecular complexity index is 308. The Kier molecular flexibility index (Phi) is 12.2. The smallest absolute Gasteiger partial charge is 0.0573 e. The predicted octanol–water partition coefficient (Wildman–Crippen LogP) is 6.44. The molecule has 0 bridgehead atoms. The summed E-state index contributed by atoms with van der Waals surface area (Å²) in [6.45, 7) is 7.90. The van der Waals surface area contributed by atoms with E-state index in [2.05, 4.69) is 36.4 Å². The van der Waals surface area contributed by atoms with Crippen LogP contribution in [0.5, 0.6) is 0 Å². The van der Waals surface area contributed by atoms with Gasteiger partial charge in [0.25, 0.3) is 0 Å². The summed E-state index contributed by atoms with van der Waals surface area (Å²) in [6, 6.07) is 0. The van der Waals surface area contributed by atoms with E-state index < -0.39 is 0 Å². The van der Waals surface area contributed by atoms with E-state index in [1.807, 2.05) is 6.21 Å². The lowest BCUT2D eigenvalue weighted by molar-refractivity contribution is 0.0640. The molecule has 0 amide bonds. The van der Waals surface area contributed by atoms with Crippen LogP contribution in [0.4, 0.5) is 0 Å². The summed E-state index contributed by atoms with van der Waals surface area (Å²) < 4.78 is 0. The Balaban J connectivity index is 1.88. The van der Waals surface area contributed by atoms with E-state index in [-0.39, 0.29) is 5.54 Å². The highest BCUT2D eigenvalue weighted by molar-refractivity contribution is 5.60. The van der Waals surface area contributed by atoms with Gasteiger partial charge < -0.3 is 0 Å². The van der Waals surface area contributed by atoms with E-state index in [0.29, 0.717) is 0 Å². The molecule has 0 aliphatic carbocycles. The highest BCUT2D eigenvalue weighted by atomic mass is 15.7. The van der Waals surface area contributed by atoms with E-state index in [1.54, 1.807) is 0 Å². The monoisotopic (exact) mass is 337 g/mol. The van der Waals surface area contributed by atoms with E-state index >= 15 is 0 Å². The van der Waals surface area contributed by atoms with Crippen LogP contribution in [0.2, 0.25) is 0 Å². The Morgan fingerprint density at radius 3 is 1.75 bits per heavy atom. The van der Waals surface area contributed by atoms with Crippen molar-refractivity contribution in [2.45, 2.75) is 123 Å². The van der Waals surface area contributed by atoms with Crippen molar-refractivity contribution in [3.63, 3.8) is 0 Å². The summed E-state index contributed by atoms with van der Waals surface area (Å²) in [5.41, 5.74) is 3.41. The molecule has 0 fully saturated rings. The SMILES string of the molecule is CCCCCCCCCCCCCCCC(C)(CC)N1CC=NN1. The second-order valence-corrected chi connectivity index (χ2v) is 7.87. The van der Waals surface area contributed by atoms with Gasteiger partial charge in [-0.15, -0.1) is 0 Å². The molecule has 0 spiro atoms. The van der Waals surface area contributed by atoms with Crippen LogP contribution in [-0.4, -0.2) is 23.3 Å². The van der Waals surface area contributed by atoms with E-state index in [9.17, 15) is 0 Å². The summed E-state index contributed by atoms with van der Waals surface area (Å²) in [5, 5.41) is 6.44. The van der Waals surface area contributed by atoms with Crippen molar-refractivity contribution in [2.75, 3.05) is 6.54 Å².